The molecule has 1 aliphatic heterocycles. The quantitative estimate of drug-likeness (QED) is 0.736. The lowest BCUT2D eigenvalue weighted by molar-refractivity contribution is -0.0164. The molecular formula is C10H13NO3. The fraction of sp³-hybridized carbons (Fsp3) is 0.400. The molecule has 1 aliphatic rings. The first-order valence-electron chi connectivity index (χ1n) is 4.48. The predicted octanol–water partition coefficient (Wildman–Crippen LogP) is 1.20. The highest BCUT2D eigenvalue weighted by Crippen LogP contribution is 2.24. The summed E-state index contributed by atoms with van der Waals surface area (Å²) in [4.78, 5) is 4.77. The van der Waals surface area contributed by atoms with Gasteiger partial charge in [-0.1, -0.05) is 12.1 Å². The Kier molecular flexibility index (Phi) is 2.98. The smallest absolute Gasteiger partial charge is 0.189 e. The van der Waals surface area contributed by atoms with Gasteiger partial charge in [0.25, 0.3) is 0 Å². The van der Waals surface area contributed by atoms with Crippen molar-refractivity contribution in [3.63, 3.8) is 0 Å². The Balaban J connectivity index is 2.12. The van der Waals surface area contributed by atoms with E-state index in [4.69, 9.17) is 14.3 Å². The van der Waals surface area contributed by atoms with Crippen molar-refractivity contribution in [2.75, 3.05) is 13.9 Å². The highest BCUT2D eigenvalue weighted by Gasteiger charge is 2.10. The molecule has 4 nitrogen and oxygen atoms in total. The van der Waals surface area contributed by atoms with Crippen molar-refractivity contribution in [1.29, 1.82) is 0 Å². The van der Waals surface area contributed by atoms with Crippen LogP contribution in [-0.4, -0.2) is 13.9 Å². The topological polar surface area (TPSA) is 39.7 Å². The SMILES string of the molecule is CONCc1ccc2c(c1)OCOC2. The standard InChI is InChI=1S/C10H13NO3/c1-12-11-5-8-2-3-9-6-13-7-14-10(9)4-8/h2-4,11H,5-7H2,1H3. The summed E-state index contributed by atoms with van der Waals surface area (Å²) in [5, 5.41) is 0. The Morgan fingerprint density at radius 1 is 1.50 bits per heavy atom. The normalized spacial score (nSPS) is 14.6. The maximum atomic E-state index is 5.35. The number of hydroxylamine groups is 1. The third-order valence-corrected chi connectivity index (χ3v) is 2.11. The van der Waals surface area contributed by atoms with Gasteiger partial charge in [-0.2, -0.15) is 5.48 Å². The molecule has 0 unspecified atom stereocenters. The Bertz CT molecular complexity index is 314. The second kappa shape index (κ2) is 4.41. The number of benzene rings is 1. The van der Waals surface area contributed by atoms with Crippen LogP contribution in [0, 0.1) is 0 Å². The Labute approximate surface area is 82.7 Å². The Morgan fingerprint density at radius 3 is 3.29 bits per heavy atom. The molecule has 0 fully saturated rings. The van der Waals surface area contributed by atoms with Gasteiger partial charge < -0.3 is 14.3 Å². The van der Waals surface area contributed by atoms with Gasteiger partial charge in [-0.3, -0.25) is 0 Å². The first-order valence-corrected chi connectivity index (χ1v) is 4.48. The van der Waals surface area contributed by atoms with E-state index < -0.39 is 0 Å². The summed E-state index contributed by atoms with van der Waals surface area (Å²) in [7, 11) is 1.60. The zero-order valence-corrected chi connectivity index (χ0v) is 8.08. The van der Waals surface area contributed by atoms with Crippen LogP contribution in [0.25, 0.3) is 0 Å². The minimum atomic E-state index is 0.341. The number of hydrogen-bond donors (Lipinski definition) is 1. The van der Waals surface area contributed by atoms with Crippen molar-refractivity contribution in [3.05, 3.63) is 29.3 Å². The summed E-state index contributed by atoms with van der Waals surface area (Å²) in [6, 6.07) is 6.05. The third-order valence-electron chi connectivity index (χ3n) is 2.11. The van der Waals surface area contributed by atoms with Crippen LogP contribution in [0.3, 0.4) is 0 Å². The number of fused-ring (bicyclic) bond motifs is 1. The molecule has 1 aromatic carbocycles. The van der Waals surface area contributed by atoms with E-state index in [1.54, 1.807) is 7.11 Å². The zero-order chi connectivity index (χ0) is 9.80. The second-order valence-corrected chi connectivity index (χ2v) is 3.08. The Morgan fingerprint density at radius 2 is 2.43 bits per heavy atom. The highest BCUT2D eigenvalue weighted by atomic mass is 16.7. The van der Waals surface area contributed by atoms with Crippen molar-refractivity contribution in [2.45, 2.75) is 13.2 Å². The van der Waals surface area contributed by atoms with E-state index in [2.05, 4.69) is 5.48 Å². The minimum Gasteiger partial charge on any atom is -0.467 e. The number of hydrogen-bond acceptors (Lipinski definition) is 4. The van der Waals surface area contributed by atoms with Crippen LogP contribution in [0.4, 0.5) is 0 Å². The highest BCUT2D eigenvalue weighted by molar-refractivity contribution is 5.37. The van der Waals surface area contributed by atoms with E-state index in [9.17, 15) is 0 Å². The molecule has 1 aromatic rings. The minimum absolute atomic E-state index is 0.341. The molecule has 0 amide bonds. The van der Waals surface area contributed by atoms with E-state index in [0.29, 0.717) is 19.9 Å². The van der Waals surface area contributed by atoms with E-state index in [0.717, 1.165) is 16.9 Å². The van der Waals surface area contributed by atoms with Crippen LogP contribution in [0.1, 0.15) is 11.1 Å². The molecule has 0 atom stereocenters. The lowest BCUT2D eigenvalue weighted by Crippen LogP contribution is -2.14. The monoisotopic (exact) mass is 195 g/mol. The molecule has 1 heterocycles. The molecule has 0 radical (unpaired) electrons. The van der Waals surface area contributed by atoms with Gasteiger partial charge in [0.1, 0.15) is 5.75 Å². The number of rotatable bonds is 3. The zero-order valence-electron chi connectivity index (χ0n) is 8.08. The number of nitrogens with one attached hydrogen (secondary N) is 1. The molecular weight excluding hydrogens is 182 g/mol. The summed E-state index contributed by atoms with van der Waals surface area (Å²) in [6.45, 7) is 1.65. The van der Waals surface area contributed by atoms with Crippen LogP contribution in [-0.2, 0) is 22.7 Å². The van der Waals surface area contributed by atoms with Crippen molar-refractivity contribution in [2.24, 2.45) is 0 Å². The molecule has 4 heteroatoms. The first-order chi connectivity index (χ1) is 6.90. The van der Waals surface area contributed by atoms with E-state index in [1.165, 1.54) is 0 Å². The van der Waals surface area contributed by atoms with Crippen molar-refractivity contribution in [3.8, 4) is 5.75 Å². The van der Waals surface area contributed by atoms with E-state index in [-0.39, 0.29) is 0 Å². The van der Waals surface area contributed by atoms with Gasteiger partial charge in [0.2, 0.25) is 0 Å². The van der Waals surface area contributed by atoms with Gasteiger partial charge in [-0.05, 0) is 11.6 Å². The molecule has 76 valence electrons. The van der Waals surface area contributed by atoms with Crippen molar-refractivity contribution < 1.29 is 14.3 Å². The van der Waals surface area contributed by atoms with Crippen molar-refractivity contribution >= 4 is 0 Å². The largest absolute Gasteiger partial charge is 0.467 e. The van der Waals surface area contributed by atoms with E-state index >= 15 is 0 Å². The summed E-state index contributed by atoms with van der Waals surface area (Å²) >= 11 is 0. The molecule has 0 bridgehead atoms. The molecule has 1 N–H and O–H groups in total. The lowest BCUT2D eigenvalue weighted by atomic mass is 10.1. The molecule has 0 aliphatic carbocycles. The maximum absolute atomic E-state index is 5.35. The van der Waals surface area contributed by atoms with Crippen LogP contribution in [0.5, 0.6) is 5.75 Å². The van der Waals surface area contributed by atoms with Gasteiger partial charge in [-0.25, -0.2) is 0 Å². The summed E-state index contributed by atoms with van der Waals surface area (Å²) < 4.78 is 10.5. The van der Waals surface area contributed by atoms with Crippen LogP contribution >= 0.6 is 0 Å². The Hall–Kier alpha value is -1.10. The van der Waals surface area contributed by atoms with Gasteiger partial charge in [0, 0.05) is 12.1 Å². The van der Waals surface area contributed by atoms with Crippen LogP contribution in [0.15, 0.2) is 18.2 Å². The molecule has 0 aromatic heterocycles. The second-order valence-electron chi connectivity index (χ2n) is 3.08. The van der Waals surface area contributed by atoms with Gasteiger partial charge in [0.15, 0.2) is 6.79 Å². The van der Waals surface area contributed by atoms with Gasteiger partial charge >= 0.3 is 0 Å². The summed E-state index contributed by atoms with van der Waals surface area (Å²) in [5.74, 6) is 0.909. The summed E-state index contributed by atoms with van der Waals surface area (Å²) in [6.07, 6.45) is 0. The fourth-order valence-electron chi connectivity index (χ4n) is 1.37. The third kappa shape index (κ3) is 2.04. The molecule has 14 heavy (non-hydrogen) atoms. The maximum Gasteiger partial charge on any atom is 0.189 e. The molecule has 0 spiro atoms. The van der Waals surface area contributed by atoms with Gasteiger partial charge in [0.05, 0.1) is 13.7 Å². The average molecular weight is 195 g/mol. The fourth-order valence-corrected chi connectivity index (χ4v) is 1.37. The van der Waals surface area contributed by atoms with Gasteiger partial charge in [-0.15, -0.1) is 0 Å². The predicted molar refractivity (Wildman–Crippen MR) is 50.6 cm³/mol. The molecule has 0 saturated heterocycles. The van der Waals surface area contributed by atoms with Crippen molar-refractivity contribution in [1.82, 2.24) is 5.48 Å². The average Bonchev–Trinajstić information content (AvgIpc) is 2.26. The van der Waals surface area contributed by atoms with Crippen LogP contribution in [0.2, 0.25) is 0 Å². The molecule has 0 saturated carbocycles. The molecule has 2 rings (SSSR count). The first kappa shape index (κ1) is 9.45. The summed E-state index contributed by atoms with van der Waals surface area (Å²) in [5.41, 5.74) is 5.01. The van der Waals surface area contributed by atoms with Crippen LogP contribution < -0.4 is 10.2 Å². The lowest BCUT2D eigenvalue weighted by Gasteiger charge is -2.18. The number of ether oxygens (including phenoxy) is 2. The van der Waals surface area contributed by atoms with E-state index in [1.807, 2.05) is 18.2 Å².